The lowest BCUT2D eigenvalue weighted by molar-refractivity contribution is 0.102. The van der Waals surface area contributed by atoms with Gasteiger partial charge in [0.15, 0.2) is 0 Å². The van der Waals surface area contributed by atoms with Gasteiger partial charge in [-0.05, 0) is 29.8 Å². The number of halogens is 1. The third-order valence-corrected chi connectivity index (χ3v) is 3.72. The van der Waals surface area contributed by atoms with Crippen LogP contribution in [0.2, 0.25) is 5.02 Å². The topological polar surface area (TPSA) is 76.9 Å². The zero-order valence-corrected chi connectivity index (χ0v) is 13.3. The van der Waals surface area contributed by atoms with Gasteiger partial charge in [0.05, 0.1) is 6.54 Å². The van der Waals surface area contributed by atoms with Crippen LogP contribution in [0, 0.1) is 0 Å². The van der Waals surface area contributed by atoms with E-state index in [0.717, 1.165) is 5.56 Å². The summed E-state index contributed by atoms with van der Waals surface area (Å²) in [6.07, 6.45) is 4.62. The monoisotopic (exact) mass is 340 g/mol. The standard InChI is InChI=1S/C17H13ClN4O2/c18-14-7-2-1-5-12(14)11-22-10-3-6-13(16(22)24)15(23)21-17-19-8-4-9-20-17/h1-10H,11H2,(H,19,20,21,23). The largest absolute Gasteiger partial charge is 0.310 e. The van der Waals surface area contributed by atoms with E-state index in [1.165, 1.54) is 23.0 Å². The predicted octanol–water partition coefficient (Wildman–Crippen LogP) is 2.59. The Bertz CT molecular complexity index is 925. The molecule has 0 unspecified atom stereocenters. The normalized spacial score (nSPS) is 10.4. The van der Waals surface area contributed by atoms with Gasteiger partial charge >= 0.3 is 0 Å². The first kappa shape index (κ1) is 15.9. The lowest BCUT2D eigenvalue weighted by Gasteiger charge is -2.09. The summed E-state index contributed by atoms with van der Waals surface area (Å²) in [5, 5.41) is 3.07. The zero-order chi connectivity index (χ0) is 16.9. The van der Waals surface area contributed by atoms with Gasteiger partial charge in [0.25, 0.3) is 11.5 Å². The van der Waals surface area contributed by atoms with E-state index in [1.54, 1.807) is 24.4 Å². The molecule has 2 heterocycles. The van der Waals surface area contributed by atoms with Crippen molar-refractivity contribution in [3.05, 3.63) is 87.6 Å². The Labute approximate surface area is 142 Å². The quantitative estimate of drug-likeness (QED) is 0.792. The van der Waals surface area contributed by atoms with Gasteiger partial charge in [-0.3, -0.25) is 14.9 Å². The average molecular weight is 341 g/mol. The lowest BCUT2D eigenvalue weighted by atomic mass is 10.2. The van der Waals surface area contributed by atoms with E-state index in [4.69, 9.17) is 11.6 Å². The molecular formula is C17H13ClN4O2. The van der Waals surface area contributed by atoms with Crippen LogP contribution in [0.5, 0.6) is 0 Å². The SMILES string of the molecule is O=C(Nc1ncccn1)c1cccn(Cc2ccccc2Cl)c1=O. The summed E-state index contributed by atoms with van der Waals surface area (Å²) >= 11 is 6.12. The molecule has 0 saturated carbocycles. The first-order chi connectivity index (χ1) is 11.6. The Balaban J connectivity index is 1.87. The molecule has 6 nitrogen and oxygen atoms in total. The second-order valence-corrected chi connectivity index (χ2v) is 5.38. The highest BCUT2D eigenvalue weighted by Gasteiger charge is 2.14. The second kappa shape index (κ2) is 7.06. The van der Waals surface area contributed by atoms with Gasteiger partial charge in [-0.15, -0.1) is 0 Å². The Kier molecular flexibility index (Phi) is 4.67. The van der Waals surface area contributed by atoms with Crippen LogP contribution in [0.1, 0.15) is 15.9 Å². The maximum absolute atomic E-state index is 12.5. The van der Waals surface area contributed by atoms with Crippen molar-refractivity contribution in [3.63, 3.8) is 0 Å². The summed E-state index contributed by atoms with van der Waals surface area (Å²) in [5.74, 6) is -0.414. The summed E-state index contributed by atoms with van der Waals surface area (Å²) in [7, 11) is 0. The van der Waals surface area contributed by atoms with E-state index < -0.39 is 11.5 Å². The summed E-state index contributed by atoms with van der Waals surface area (Å²) in [5.41, 5.74) is 0.396. The van der Waals surface area contributed by atoms with Crippen molar-refractivity contribution in [1.82, 2.24) is 14.5 Å². The van der Waals surface area contributed by atoms with E-state index in [-0.39, 0.29) is 18.1 Å². The first-order valence-corrected chi connectivity index (χ1v) is 7.54. The summed E-state index contributed by atoms with van der Waals surface area (Å²) in [4.78, 5) is 32.6. The van der Waals surface area contributed by atoms with Crippen LogP contribution < -0.4 is 10.9 Å². The maximum Gasteiger partial charge on any atom is 0.263 e. The van der Waals surface area contributed by atoms with Crippen LogP contribution in [-0.2, 0) is 6.54 Å². The van der Waals surface area contributed by atoms with Crippen molar-refractivity contribution in [2.75, 3.05) is 5.32 Å². The van der Waals surface area contributed by atoms with E-state index in [1.807, 2.05) is 18.2 Å². The molecule has 0 atom stereocenters. The van der Waals surface area contributed by atoms with Crippen LogP contribution >= 0.6 is 11.6 Å². The number of pyridine rings is 1. The molecular weight excluding hydrogens is 328 g/mol. The molecule has 0 aliphatic heterocycles. The van der Waals surface area contributed by atoms with Crippen molar-refractivity contribution < 1.29 is 4.79 Å². The molecule has 0 radical (unpaired) electrons. The maximum atomic E-state index is 12.5. The highest BCUT2D eigenvalue weighted by atomic mass is 35.5. The molecule has 0 fully saturated rings. The number of nitrogens with zero attached hydrogens (tertiary/aromatic N) is 3. The van der Waals surface area contributed by atoms with Crippen LogP contribution in [-0.4, -0.2) is 20.4 Å². The minimum Gasteiger partial charge on any atom is -0.310 e. The van der Waals surface area contributed by atoms with E-state index in [0.29, 0.717) is 5.02 Å². The molecule has 0 spiro atoms. The minimum absolute atomic E-state index is 0.0111. The number of carbonyl (C=O) groups excluding carboxylic acids is 1. The number of aromatic nitrogens is 3. The molecule has 120 valence electrons. The number of hydrogen-bond donors (Lipinski definition) is 1. The zero-order valence-electron chi connectivity index (χ0n) is 12.5. The van der Waals surface area contributed by atoms with Crippen LogP contribution in [0.3, 0.4) is 0 Å². The van der Waals surface area contributed by atoms with Crippen molar-refractivity contribution in [1.29, 1.82) is 0 Å². The Hall–Kier alpha value is -2.99. The smallest absolute Gasteiger partial charge is 0.263 e. The minimum atomic E-state index is -0.556. The van der Waals surface area contributed by atoms with Gasteiger partial charge in [-0.2, -0.15) is 0 Å². The highest BCUT2D eigenvalue weighted by molar-refractivity contribution is 6.31. The highest BCUT2D eigenvalue weighted by Crippen LogP contribution is 2.15. The number of anilines is 1. The molecule has 0 aliphatic rings. The van der Waals surface area contributed by atoms with Crippen molar-refractivity contribution in [2.45, 2.75) is 6.54 Å². The average Bonchev–Trinajstić information content (AvgIpc) is 2.59. The number of amides is 1. The fraction of sp³-hybridized carbons (Fsp3) is 0.0588. The van der Waals surface area contributed by atoms with Crippen LogP contribution in [0.4, 0.5) is 5.95 Å². The molecule has 7 heteroatoms. The summed E-state index contributed by atoms with van der Waals surface area (Å²) in [6, 6.07) is 12.0. The lowest BCUT2D eigenvalue weighted by Crippen LogP contribution is -2.29. The predicted molar refractivity (Wildman–Crippen MR) is 91.2 cm³/mol. The summed E-state index contributed by atoms with van der Waals surface area (Å²) in [6.45, 7) is 0.279. The van der Waals surface area contributed by atoms with E-state index >= 15 is 0 Å². The number of hydrogen-bond acceptors (Lipinski definition) is 4. The molecule has 1 amide bonds. The van der Waals surface area contributed by atoms with Gasteiger partial charge in [-0.1, -0.05) is 29.8 Å². The molecule has 24 heavy (non-hydrogen) atoms. The molecule has 3 rings (SSSR count). The van der Waals surface area contributed by atoms with Crippen molar-refractivity contribution >= 4 is 23.5 Å². The van der Waals surface area contributed by atoms with Gasteiger partial charge in [0, 0.05) is 23.6 Å². The third-order valence-electron chi connectivity index (χ3n) is 3.35. The van der Waals surface area contributed by atoms with Crippen molar-refractivity contribution in [2.24, 2.45) is 0 Å². The van der Waals surface area contributed by atoms with Crippen LogP contribution in [0.15, 0.2) is 65.8 Å². The molecule has 1 aromatic carbocycles. The van der Waals surface area contributed by atoms with Crippen molar-refractivity contribution in [3.8, 4) is 0 Å². The van der Waals surface area contributed by atoms with Gasteiger partial charge in [0.1, 0.15) is 5.56 Å². The number of rotatable bonds is 4. The number of nitrogens with one attached hydrogen (secondary N) is 1. The third kappa shape index (κ3) is 3.49. The Morgan fingerprint density at radius 3 is 2.58 bits per heavy atom. The fourth-order valence-corrected chi connectivity index (χ4v) is 2.37. The van der Waals surface area contributed by atoms with Gasteiger partial charge in [0.2, 0.25) is 5.95 Å². The van der Waals surface area contributed by atoms with Crippen LogP contribution in [0.25, 0.3) is 0 Å². The van der Waals surface area contributed by atoms with Gasteiger partial charge in [-0.25, -0.2) is 9.97 Å². The second-order valence-electron chi connectivity index (χ2n) is 4.97. The molecule has 0 saturated heterocycles. The molecule has 0 bridgehead atoms. The first-order valence-electron chi connectivity index (χ1n) is 7.16. The Morgan fingerprint density at radius 1 is 1.08 bits per heavy atom. The summed E-state index contributed by atoms with van der Waals surface area (Å²) < 4.78 is 1.43. The Morgan fingerprint density at radius 2 is 1.83 bits per heavy atom. The molecule has 2 aromatic heterocycles. The van der Waals surface area contributed by atoms with E-state index in [2.05, 4.69) is 15.3 Å². The number of benzene rings is 1. The molecule has 0 aliphatic carbocycles. The van der Waals surface area contributed by atoms with E-state index in [9.17, 15) is 9.59 Å². The number of carbonyl (C=O) groups is 1. The molecule has 1 N–H and O–H groups in total. The fourth-order valence-electron chi connectivity index (χ4n) is 2.18. The van der Waals surface area contributed by atoms with Gasteiger partial charge < -0.3 is 4.57 Å². The molecule has 3 aromatic rings.